The first-order valence-corrected chi connectivity index (χ1v) is 7.56. The number of nitrogens with zero attached hydrogens (tertiary/aromatic N) is 2. The van der Waals surface area contributed by atoms with E-state index >= 15 is 0 Å². The second-order valence-corrected chi connectivity index (χ2v) is 5.87. The lowest BCUT2D eigenvalue weighted by Gasteiger charge is -2.33. The molecule has 6 nitrogen and oxygen atoms in total. The van der Waals surface area contributed by atoms with Gasteiger partial charge in [0.15, 0.2) is 0 Å². The van der Waals surface area contributed by atoms with Gasteiger partial charge in [0.25, 0.3) is 0 Å². The number of hydrogen-bond acceptors (Lipinski definition) is 3. The van der Waals surface area contributed by atoms with Crippen LogP contribution >= 0.6 is 0 Å². The Kier molecular flexibility index (Phi) is 3.83. The summed E-state index contributed by atoms with van der Waals surface area (Å²) >= 11 is 0. The third-order valence-electron chi connectivity index (χ3n) is 4.25. The van der Waals surface area contributed by atoms with Gasteiger partial charge in [-0.2, -0.15) is 0 Å². The summed E-state index contributed by atoms with van der Waals surface area (Å²) in [6.45, 7) is 0. The maximum absolute atomic E-state index is 12.2. The first-order chi connectivity index (χ1) is 10.6. The number of pyridine rings is 1. The summed E-state index contributed by atoms with van der Waals surface area (Å²) in [5.41, 5.74) is 0.310. The predicted molar refractivity (Wildman–Crippen MR) is 80.5 cm³/mol. The van der Waals surface area contributed by atoms with E-state index < -0.39 is 11.5 Å². The third kappa shape index (κ3) is 2.81. The molecule has 0 aliphatic heterocycles. The van der Waals surface area contributed by atoms with Crippen LogP contribution in [0.3, 0.4) is 0 Å². The van der Waals surface area contributed by atoms with Crippen LogP contribution in [0.2, 0.25) is 0 Å². The van der Waals surface area contributed by atoms with Gasteiger partial charge in [-0.3, -0.25) is 4.79 Å². The maximum atomic E-state index is 12.2. The molecule has 0 aromatic carbocycles. The number of carboxylic acids is 1. The minimum absolute atomic E-state index is 0.0940. The van der Waals surface area contributed by atoms with Gasteiger partial charge in [0.1, 0.15) is 11.2 Å². The van der Waals surface area contributed by atoms with Gasteiger partial charge in [-0.15, -0.1) is 0 Å². The fraction of sp³-hybridized carbons (Fsp3) is 0.438. The Morgan fingerprint density at radius 3 is 2.73 bits per heavy atom. The molecule has 0 bridgehead atoms. The molecule has 0 radical (unpaired) electrons. The Labute approximate surface area is 128 Å². The van der Waals surface area contributed by atoms with Crippen molar-refractivity contribution in [3.05, 3.63) is 36.3 Å². The SMILES string of the molecule is O=C(Cc1cn2ccccc2n1)NC1(C(=O)O)CCCCC1. The van der Waals surface area contributed by atoms with Crippen LogP contribution in [-0.2, 0) is 16.0 Å². The molecular formula is C16H19N3O3. The van der Waals surface area contributed by atoms with Gasteiger partial charge < -0.3 is 14.8 Å². The van der Waals surface area contributed by atoms with E-state index in [1.807, 2.05) is 28.8 Å². The van der Waals surface area contributed by atoms with Crippen molar-refractivity contribution in [2.24, 2.45) is 0 Å². The van der Waals surface area contributed by atoms with Crippen molar-refractivity contribution in [3.63, 3.8) is 0 Å². The van der Waals surface area contributed by atoms with Crippen molar-refractivity contribution >= 4 is 17.5 Å². The highest BCUT2D eigenvalue weighted by Gasteiger charge is 2.40. The standard InChI is InChI=1S/C16H19N3O3/c20-14(18-16(15(21)22)7-3-1-4-8-16)10-12-11-19-9-5-2-6-13(19)17-12/h2,5-6,9,11H,1,3-4,7-8,10H2,(H,18,20)(H,21,22). The summed E-state index contributed by atoms with van der Waals surface area (Å²) in [4.78, 5) is 28.2. The van der Waals surface area contributed by atoms with Crippen LogP contribution < -0.4 is 5.32 Å². The Morgan fingerprint density at radius 2 is 2.05 bits per heavy atom. The molecule has 0 saturated heterocycles. The van der Waals surface area contributed by atoms with Crippen LogP contribution in [0.1, 0.15) is 37.8 Å². The second kappa shape index (κ2) is 5.79. The molecule has 1 saturated carbocycles. The number of aliphatic carboxylic acids is 1. The third-order valence-corrected chi connectivity index (χ3v) is 4.25. The average Bonchev–Trinajstić information content (AvgIpc) is 2.89. The fourth-order valence-electron chi connectivity index (χ4n) is 3.10. The summed E-state index contributed by atoms with van der Waals surface area (Å²) in [7, 11) is 0. The number of imidazole rings is 1. The maximum Gasteiger partial charge on any atom is 0.329 e. The van der Waals surface area contributed by atoms with Crippen LogP contribution in [0.15, 0.2) is 30.6 Å². The van der Waals surface area contributed by atoms with Crippen LogP contribution in [0.5, 0.6) is 0 Å². The smallest absolute Gasteiger partial charge is 0.329 e. The summed E-state index contributed by atoms with van der Waals surface area (Å²) in [6, 6.07) is 5.63. The van der Waals surface area contributed by atoms with E-state index in [4.69, 9.17) is 0 Å². The molecule has 0 atom stereocenters. The average molecular weight is 301 g/mol. The molecule has 1 aliphatic carbocycles. The molecular weight excluding hydrogens is 282 g/mol. The molecule has 22 heavy (non-hydrogen) atoms. The van der Waals surface area contributed by atoms with Gasteiger partial charge in [0, 0.05) is 12.4 Å². The molecule has 6 heteroatoms. The van der Waals surface area contributed by atoms with Gasteiger partial charge in [0.05, 0.1) is 12.1 Å². The molecule has 2 aromatic heterocycles. The van der Waals surface area contributed by atoms with Gasteiger partial charge in [-0.1, -0.05) is 25.3 Å². The molecule has 3 rings (SSSR count). The van der Waals surface area contributed by atoms with Crippen LogP contribution in [0.25, 0.3) is 5.65 Å². The molecule has 1 aliphatic rings. The first kappa shape index (κ1) is 14.6. The van der Waals surface area contributed by atoms with E-state index in [0.29, 0.717) is 18.5 Å². The number of carbonyl (C=O) groups is 2. The van der Waals surface area contributed by atoms with Crippen molar-refractivity contribution in [3.8, 4) is 0 Å². The molecule has 116 valence electrons. The number of hydrogen-bond donors (Lipinski definition) is 2. The van der Waals surface area contributed by atoms with E-state index in [1.165, 1.54) is 0 Å². The molecule has 2 N–H and O–H groups in total. The van der Waals surface area contributed by atoms with E-state index in [1.54, 1.807) is 6.20 Å². The zero-order chi connectivity index (χ0) is 15.6. The van der Waals surface area contributed by atoms with E-state index in [2.05, 4.69) is 10.3 Å². The zero-order valence-corrected chi connectivity index (χ0v) is 12.3. The topological polar surface area (TPSA) is 83.7 Å². The lowest BCUT2D eigenvalue weighted by molar-refractivity contribution is -0.149. The van der Waals surface area contributed by atoms with E-state index in [0.717, 1.165) is 24.9 Å². The van der Waals surface area contributed by atoms with Gasteiger partial charge >= 0.3 is 5.97 Å². The highest BCUT2D eigenvalue weighted by molar-refractivity contribution is 5.88. The summed E-state index contributed by atoms with van der Waals surface area (Å²) in [5, 5.41) is 12.2. The molecule has 1 amide bonds. The normalized spacial score (nSPS) is 17.3. The molecule has 1 fully saturated rings. The number of carbonyl (C=O) groups excluding carboxylic acids is 1. The number of rotatable bonds is 4. The highest BCUT2D eigenvalue weighted by atomic mass is 16.4. The minimum atomic E-state index is -1.10. The summed E-state index contributed by atoms with van der Waals surface area (Å²) < 4.78 is 1.84. The minimum Gasteiger partial charge on any atom is -0.480 e. The monoisotopic (exact) mass is 301 g/mol. The molecule has 0 spiro atoms. The van der Waals surface area contributed by atoms with E-state index in [9.17, 15) is 14.7 Å². The van der Waals surface area contributed by atoms with Gasteiger partial charge in [-0.25, -0.2) is 9.78 Å². The van der Waals surface area contributed by atoms with Gasteiger partial charge in [-0.05, 0) is 25.0 Å². The van der Waals surface area contributed by atoms with Crippen molar-refractivity contribution in [2.45, 2.75) is 44.1 Å². The Morgan fingerprint density at radius 1 is 1.27 bits per heavy atom. The number of amides is 1. The van der Waals surface area contributed by atoms with Crippen molar-refractivity contribution < 1.29 is 14.7 Å². The number of carboxylic acid groups (broad SMARTS) is 1. The second-order valence-electron chi connectivity index (χ2n) is 5.87. The van der Waals surface area contributed by atoms with Crippen LogP contribution in [0, 0.1) is 0 Å². The molecule has 2 aromatic rings. The number of nitrogens with one attached hydrogen (secondary N) is 1. The van der Waals surface area contributed by atoms with E-state index in [-0.39, 0.29) is 12.3 Å². The lowest BCUT2D eigenvalue weighted by Crippen LogP contribution is -2.56. The Hall–Kier alpha value is -2.37. The zero-order valence-electron chi connectivity index (χ0n) is 12.3. The molecule has 2 heterocycles. The molecule has 0 unspecified atom stereocenters. The number of aromatic nitrogens is 2. The van der Waals surface area contributed by atoms with Crippen LogP contribution in [0.4, 0.5) is 0 Å². The van der Waals surface area contributed by atoms with Crippen molar-refractivity contribution in [2.75, 3.05) is 0 Å². The lowest BCUT2D eigenvalue weighted by atomic mass is 9.81. The van der Waals surface area contributed by atoms with Crippen molar-refractivity contribution in [1.82, 2.24) is 14.7 Å². The largest absolute Gasteiger partial charge is 0.480 e. The summed E-state index contributed by atoms with van der Waals surface area (Å²) in [6.07, 6.45) is 7.45. The quantitative estimate of drug-likeness (QED) is 0.901. The Balaban J connectivity index is 1.72. The summed E-state index contributed by atoms with van der Waals surface area (Å²) in [5.74, 6) is -1.22. The Bertz CT molecular complexity index is 668. The van der Waals surface area contributed by atoms with Crippen molar-refractivity contribution in [1.29, 1.82) is 0 Å². The van der Waals surface area contributed by atoms with Crippen LogP contribution in [-0.4, -0.2) is 31.9 Å². The predicted octanol–water partition coefficient (Wildman–Crippen LogP) is 1.78. The fourth-order valence-corrected chi connectivity index (χ4v) is 3.10. The number of fused-ring (bicyclic) bond motifs is 1. The first-order valence-electron chi connectivity index (χ1n) is 7.56. The highest BCUT2D eigenvalue weighted by Crippen LogP contribution is 2.28. The van der Waals surface area contributed by atoms with Gasteiger partial charge in [0.2, 0.25) is 5.91 Å².